The molecule has 4 heteroatoms. The van der Waals surface area contributed by atoms with E-state index < -0.39 is 0 Å². The number of benzene rings is 1. The average molecular weight is 327 g/mol. The predicted octanol–water partition coefficient (Wildman–Crippen LogP) is 3.16. The van der Waals surface area contributed by atoms with E-state index in [0.29, 0.717) is 9.89 Å². The molecule has 2 aliphatic heterocycles. The van der Waals surface area contributed by atoms with E-state index in [1.165, 1.54) is 37.9 Å². The number of halogens is 2. The van der Waals surface area contributed by atoms with Crippen molar-refractivity contribution in [3.05, 3.63) is 34.1 Å². The molecule has 0 amide bonds. The third-order valence-electron chi connectivity index (χ3n) is 4.57. The van der Waals surface area contributed by atoms with Crippen LogP contribution in [0.15, 0.2) is 22.7 Å². The third kappa shape index (κ3) is 3.01. The van der Waals surface area contributed by atoms with Gasteiger partial charge in [0.25, 0.3) is 0 Å². The van der Waals surface area contributed by atoms with E-state index >= 15 is 0 Å². The minimum Gasteiger partial charge on any atom is -0.317 e. The van der Waals surface area contributed by atoms with Gasteiger partial charge in [0.2, 0.25) is 0 Å². The standard InChI is InChI=1S/C15H20BrFN2/c16-13-9-12(1-2-14(13)17)10-19-8-5-15(11-19)3-6-18-7-4-15/h1-2,9,18H,3-8,10-11H2. The van der Waals surface area contributed by atoms with E-state index in [4.69, 9.17) is 0 Å². The summed E-state index contributed by atoms with van der Waals surface area (Å²) < 4.78 is 13.8. The smallest absolute Gasteiger partial charge is 0.137 e. The summed E-state index contributed by atoms with van der Waals surface area (Å²) in [6.45, 7) is 5.64. The zero-order valence-electron chi connectivity index (χ0n) is 11.1. The Hall–Kier alpha value is -0.450. The highest BCUT2D eigenvalue weighted by molar-refractivity contribution is 9.10. The molecule has 2 fully saturated rings. The fourth-order valence-corrected chi connectivity index (χ4v) is 3.85. The first-order valence-electron chi connectivity index (χ1n) is 7.04. The van der Waals surface area contributed by atoms with Crippen molar-refractivity contribution in [2.75, 3.05) is 26.2 Å². The van der Waals surface area contributed by atoms with Crippen molar-refractivity contribution in [2.24, 2.45) is 5.41 Å². The second-order valence-electron chi connectivity index (χ2n) is 5.96. The average Bonchev–Trinajstić information content (AvgIpc) is 2.78. The molecule has 3 rings (SSSR count). The van der Waals surface area contributed by atoms with Crippen molar-refractivity contribution >= 4 is 15.9 Å². The van der Waals surface area contributed by atoms with Gasteiger partial charge in [0.05, 0.1) is 4.47 Å². The van der Waals surface area contributed by atoms with Gasteiger partial charge in [-0.2, -0.15) is 0 Å². The van der Waals surface area contributed by atoms with E-state index in [9.17, 15) is 4.39 Å². The lowest BCUT2D eigenvalue weighted by Crippen LogP contribution is -2.38. The van der Waals surface area contributed by atoms with Crippen LogP contribution in [0.1, 0.15) is 24.8 Å². The molecule has 0 unspecified atom stereocenters. The van der Waals surface area contributed by atoms with Crippen LogP contribution in [0.2, 0.25) is 0 Å². The number of piperidine rings is 1. The highest BCUT2D eigenvalue weighted by Gasteiger charge is 2.38. The van der Waals surface area contributed by atoms with Crippen molar-refractivity contribution in [3.63, 3.8) is 0 Å². The Kier molecular flexibility index (Phi) is 3.92. The highest BCUT2D eigenvalue weighted by Crippen LogP contribution is 2.39. The Morgan fingerprint density at radius 1 is 1.26 bits per heavy atom. The van der Waals surface area contributed by atoms with Gasteiger partial charge >= 0.3 is 0 Å². The van der Waals surface area contributed by atoms with Gasteiger partial charge in [-0.05, 0) is 77.9 Å². The minimum absolute atomic E-state index is 0.181. The second kappa shape index (κ2) is 5.51. The van der Waals surface area contributed by atoms with Crippen LogP contribution in [0, 0.1) is 11.2 Å². The molecular formula is C15H20BrFN2. The molecule has 0 saturated carbocycles. The Morgan fingerprint density at radius 3 is 2.79 bits per heavy atom. The lowest BCUT2D eigenvalue weighted by Gasteiger charge is -2.33. The maximum Gasteiger partial charge on any atom is 0.137 e. The first-order valence-corrected chi connectivity index (χ1v) is 7.83. The summed E-state index contributed by atoms with van der Waals surface area (Å²) in [6, 6.07) is 5.35. The van der Waals surface area contributed by atoms with E-state index in [2.05, 4.69) is 26.1 Å². The predicted molar refractivity (Wildman–Crippen MR) is 78.5 cm³/mol. The maximum atomic E-state index is 13.2. The normalized spacial score (nSPS) is 23.1. The Morgan fingerprint density at radius 2 is 2.05 bits per heavy atom. The Bertz CT molecular complexity index is 457. The van der Waals surface area contributed by atoms with Crippen LogP contribution in [0.3, 0.4) is 0 Å². The van der Waals surface area contributed by atoms with Crippen molar-refractivity contribution < 1.29 is 4.39 Å². The van der Waals surface area contributed by atoms with Gasteiger partial charge in [-0.1, -0.05) is 6.07 Å². The van der Waals surface area contributed by atoms with E-state index in [0.717, 1.165) is 19.6 Å². The largest absolute Gasteiger partial charge is 0.317 e. The van der Waals surface area contributed by atoms with Crippen LogP contribution in [-0.4, -0.2) is 31.1 Å². The first kappa shape index (κ1) is 13.5. The van der Waals surface area contributed by atoms with Crippen LogP contribution in [0.4, 0.5) is 4.39 Å². The van der Waals surface area contributed by atoms with Gasteiger partial charge in [0.15, 0.2) is 0 Å². The molecule has 2 saturated heterocycles. The lowest BCUT2D eigenvalue weighted by atomic mass is 9.78. The van der Waals surface area contributed by atoms with Gasteiger partial charge in [-0.3, -0.25) is 4.90 Å². The molecule has 19 heavy (non-hydrogen) atoms. The number of hydrogen-bond acceptors (Lipinski definition) is 2. The number of hydrogen-bond donors (Lipinski definition) is 1. The van der Waals surface area contributed by atoms with Crippen LogP contribution < -0.4 is 5.32 Å². The molecule has 2 nitrogen and oxygen atoms in total. The van der Waals surface area contributed by atoms with E-state index in [1.807, 2.05) is 12.1 Å². The molecule has 1 spiro atoms. The van der Waals surface area contributed by atoms with Crippen LogP contribution in [-0.2, 0) is 6.54 Å². The maximum absolute atomic E-state index is 13.2. The SMILES string of the molecule is Fc1ccc(CN2CCC3(CCNCC3)C2)cc1Br. The Labute approximate surface area is 122 Å². The van der Waals surface area contributed by atoms with E-state index in [-0.39, 0.29) is 5.82 Å². The van der Waals surface area contributed by atoms with Crippen molar-refractivity contribution in [1.82, 2.24) is 10.2 Å². The molecule has 2 aliphatic rings. The van der Waals surface area contributed by atoms with Crippen molar-refractivity contribution in [2.45, 2.75) is 25.8 Å². The molecule has 2 heterocycles. The molecule has 1 aromatic carbocycles. The molecule has 0 bridgehead atoms. The van der Waals surface area contributed by atoms with Gasteiger partial charge < -0.3 is 5.32 Å². The van der Waals surface area contributed by atoms with Crippen LogP contribution >= 0.6 is 15.9 Å². The van der Waals surface area contributed by atoms with Gasteiger partial charge in [0, 0.05) is 13.1 Å². The zero-order valence-corrected chi connectivity index (χ0v) is 12.7. The summed E-state index contributed by atoms with van der Waals surface area (Å²) >= 11 is 3.26. The Balaban J connectivity index is 1.63. The number of nitrogens with one attached hydrogen (secondary N) is 1. The zero-order chi connectivity index (χ0) is 13.3. The molecule has 0 aromatic heterocycles. The number of likely N-dealkylation sites (tertiary alicyclic amines) is 1. The quantitative estimate of drug-likeness (QED) is 0.898. The summed E-state index contributed by atoms with van der Waals surface area (Å²) in [5.41, 5.74) is 1.74. The van der Waals surface area contributed by atoms with Crippen molar-refractivity contribution in [3.8, 4) is 0 Å². The third-order valence-corrected chi connectivity index (χ3v) is 5.18. The van der Waals surface area contributed by atoms with E-state index in [1.54, 1.807) is 6.07 Å². The van der Waals surface area contributed by atoms with Gasteiger partial charge in [-0.25, -0.2) is 4.39 Å². The highest BCUT2D eigenvalue weighted by atomic mass is 79.9. The molecular weight excluding hydrogens is 307 g/mol. The summed E-state index contributed by atoms with van der Waals surface area (Å²) in [4.78, 5) is 2.52. The topological polar surface area (TPSA) is 15.3 Å². The molecule has 1 N–H and O–H groups in total. The van der Waals surface area contributed by atoms with Crippen LogP contribution in [0.25, 0.3) is 0 Å². The molecule has 0 atom stereocenters. The molecule has 0 radical (unpaired) electrons. The summed E-state index contributed by atoms with van der Waals surface area (Å²) in [5.74, 6) is -0.181. The number of rotatable bonds is 2. The first-order chi connectivity index (χ1) is 9.17. The van der Waals surface area contributed by atoms with Gasteiger partial charge in [-0.15, -0.1) is 0 Å². The van der Waals surface area contributed by atoms with Crippen molar-refractivity contribution in [1.29, 1.82) is 0 Å². The lowest BCUT2D eigenvalue weighted by molar-refractivity contribution is 0.194. The fourth-order valence-electron chi connectivity index (χ4n) is 3.42. The monoisotopic (exact) mass is 326 g/mol. The van der Waals surface area contributed by atoms with Crippen LogP contribution in [0.5, 0.6) is 0 Å². The minimum atomic E-state index is -0.181. The summed E-state index contributed by atoms with van der Waals surface area (Å²) in [7, 11) is 0. The summed E-state index contributed by atoms with van der Waals surface area (Å²) in [5, 5.41) is 3.45. The molecule has 104 valence electrons. The van der Waals surface area contributed by atoms with Gasteiger partial charge in [0.1, 0.15) is 5.82 Å². The fraction of sp³-hybridized carbons (Fsp3) is 0.600. The summed E-state index contributed by atoms with van der Waals surface area (Å²) in [6.07, 6.45) is 3.92. The second-order valence-corrected chi connectivity index (χ2v) is 6.81. The number of nitrogens with zero attached hydrogens (tertiary/aromatic N) is 1. The molecule has 0 aliphatic carbocycles. The molecule has 1 aromatic rings.